The number of aromatic nitrogens is 1. The molecule has 0 N–H and O–H groups in total. The van der Waals surface area contributed by atoms with Crippen molar-refractivity contribution >= 4 is 5.78 Å². The molecule has 0 atom stereocenters. The van der Waals surface area contributed by atoms with Gasteiger partial charge in [-0.2, -0.15) is 0 Å². The maximum absolute atomic E-state index is 11.7. The number of nitrogens with zero attached hydrogens (tertiary/aromatic N) is 1. The lowest BCUT2D eigenvalue weighted by molar-refractivity contribution is 0.0499. The second kappa shape index (κ2) is 7.40. The molecule has 2 rings (SSSR count). The molecule has 0 saturated carbocycles. The molecular formula is C16H17NO4. The van der Waals surface area contributed by atoms with Crippen LogP contribution >= 0.6 is 0 Å². The highest BCUT2D eigenvalue weighted by molar-refractivity contribution is 5.96. The Morgan fingerprint density at radius 2 is 1.95 bits per heavy atom. The molecule has 1 aromatic heterocycles. The zero-order valence-electron chi connectivity index (χ0n) is 12.0. The summed E-state index contributed by atoms with van der Waals surface area (Å²) in [5, 5.41) is 0. The lowest BCUT2D eigenvalue weighted by Gasteiger charge is -2.11. The van der Waals surface area contributed by atoms with Gasteiger partial charge in [-0.25, -0.2) is 4.98 Å². The molecular weight excluding hydrogens is 270 g/mol. The Morgan fingerprint density at radius 1 is 1.19 bits per heavy atom. The van der Waals surface area contributed by atoms with Gasteiger partial charge in [0.2, 0.25) is 5.88 Å². The topological polar surface area (TPSA) is 57.6 Å². The van der Waals surface area contributed by atoms with Crippen LogP contribution in [-0.2, 0) is 11.3 Å². The standard InChI is InChI=1S/C16H17NO4/c1-12(18)14-8-16(17-9-15(14)21-11-19-2)20-10-13-6-4-3-5-7-13/h3-9H,10-11H2,1-2H3. The predicted octanol–water partition coefficient (Wildman–Crippen LogP) is 2.85. The Bertz CT molecular complexity index is 598. The van der Waals surface area contributed by atoms with Crippen LogP contribution in [0.25, 0.3) is 0 Å². The fourth-order valence-electron chi connectivity index (χ4n) is 1.75. The quantitative estimate of drug-likeness (QED) is 0.579. The van der Waals surface area contributed by atoms with Gasteiger partial charge in [0.1, 0.15) is 6.61 Å². The summed E-state index contributed by atoms with van der Waals surface area (Å²) in [7, 11) is 1.51. The number of ketones is 1. The molecule has 110 valence electrons. The van der Waals surface area contributed by atoms with Gasteiger partial charge in [-0.1, -0.05) is 30.3 Å². The molecule has 0 spiro atoms. The van der Waals surface area contributed by atoms with E-state index < -0.39 is 0 Å². The lowest BCUT2D eigenvalue weighted by atomic mass is 10.2. The van der Waals surface area contributed by atoms with E-state index in [1.807, 2.05) is 30.3 Å². The third-order valence-corrected chi connectivity index (χ3v) is 2.78. The molecule has 0 aliphatic rings. The third-order valence-electron chi connectivity index (χ3n) is 2.78. The Hall–Kier alpha value is -2.40. The van der Waals surface area contributed by atoms with Gasteiger partial charge in [0.25, 0.3) is 0 Å². The molecule has 0 radical (unpaired) electrons. The minimum atomic E-state index is -0.118. The Labute approximate surface area is 123 Å². The van der Waals surface area contributed by atoms with Gasteiger partial charge in [0.15, 0.2) is 18.3 Å². The first kappa shape index (κ1) is 15.0. The Balaban J connectivity index is 2.10. The van der Waals surface area contributed by atoms with Crippen LogP contribution in [0.2, 0.25) is 0 Å². The van der Waals surface area contributed by atoms with E-state index in [0.29, 0.717) is 23.8 Å². The number of benzene rings is 1. The first-order chi connectivity index (χ1) is 10.2. The fraction of sp³-hybridized carbons (Fsp3) is 0.250. The van der Waals surface area contributed by atoms with Crippen molar-refractivity contribution in [1.82, 2.24) is 4.98 Å². The second-order valence-corrected chi connectivity index (χ2v) is 4.40. The summed E-state index contributed by atoms with van der Waals surface area (Å²) in [6.45, 7) is 1.92. The molecule has 2 aromatic rings. The molecule has 0 amide bonds. The van der Waals surface area contributed by atoms with Crippen LogP contribution in [-0.4, -0.2) is 24.7 Å². The zero-order valence-corrected chi connectivity index (χ0v) is 12.0. The highest BCUT2D eigenvalue weighted by Gasteiger charge is 2.11. The van der Waals surface area contributed by atoms with Crippen LogP contribution in [0.3, 0.4) is 0 Å². The van der Waals surface area contributed by atoms with Gasteiger partial charge in [0.05, 0.1) is 11.8 Å². The molecule has 0 saturated heterocycles. The number of carbonyl (C=O) groups is 1. The minimum Gasteiger partial charge on any atom is -0.473 e. The molecule has 0 unspecified atom stereocenters. The van der Waals surface area contributed by atoms with Crippen molar-refractivity contribution in [2.75, 3.05) is 13.9 Å². The molecule has 0 bridgehead atoms. The number of hydrogen-bond donors (Lipinski definition) is 0. The van der Waals surface area contributed by atoms with Crippen molar-refractivity contribution in [2.45, 2.75) is 13.5 Å². The van der Waals surface area contributed by atoms with Gasteiger partial charge in [-0.05, 0) is 12.5 Å². The van der Waals surface area contributed by atoms with Crippen LogP contribution in [0.15, 0.2) is 42.6 Å². The van der Waals surface area contributed by atoms with E-state index in [1.54, 1.807) is 6.07 Å². The number of hydrogen-bond acceptors (Lipinski definition) is 5. The molecule has 5 nitrogen and oxygen atoms in total. The summed E-state index contributed by atoms with van der Waals surface area (Å²) in [4.78, 5) is 15.8. The van der Waals surface area contributed by atoms with E-state index in [0.717, 1.165) is 5.56 Å². The number of ether oxygens (including phenoxy) is 3. The molecule has 0 aliphatic heterocycles. The molecule has 1 aromatic carbocycles. The Morgan fingerprint density at radius 3 is 2.62 bits per heavy atom. The summed E-state index contributed by atoms with van der Waals surface area (Å²) >= 11 is 0. The predicted molar refractivity (Wildman–Crippen MR) is 77.5 cm³/mol. The van der Waals surface area contributed by atoms with Crippen molar-refractivity contribution in [3.8, 4) is 11.6 Å². The van der Waals surface area contributed by atoms with Crippen LogP contribution in [0.1, 0.15) is 22.8 Å². The molecule has 21 heavy (non-hydrogen) atoms. The van der Waals surface area contributed by atoms with Crippen molar-refractivity contribution in [1.29, 1.82) is 0 Å². The summed E-state index contributed by atoms with van der Waals surface area (Å²) < 4.78 is 15.7. The average Bonchev–Trinajstić information content (AvgIpc) is 2.52. The average molecular weight is 287 g/mol. The minimum absolute atomic E-state index is 0.0617. The Kier molecular flexibility index (Phi) is 5.29. The second-order valence-electron chi connectivity index (χ2n) is 4.40. The van der Waals surface area contributed by atoms with E-state index in [1.165, 1.54) is 20.2 Å². The molecule has 5 heteroatoms. The van der Waals surface area contributed by atoms with Gasteiger partial charge in [-0.15, -0.1) is 0 Å². The first-order valence-electron chi connectivity index (χ1n) is 6.50. The summed E-state index contributed by atoms with van der Waals surface area (Å²) in [5.74, 6) is 0.651. The SMILES string of the molecule is COCOc1cnc(OCc2ccccc2)cc1C(C)=O. The number of rotatable bonds is 7. The molecule has 0 fully saturated rings. The number of methoxy groups -OCH3 is 1. The fourth-order valence-corrected chi connectivity index (χ4v) is 1.75. The van der Waals surface area contributed by atoms with E-state index >= 15 is 0 Å². The monoisotopic (exact) mass is 287 g/mol. The summed E-state index contributed by atoms with van der Waals surface area (Å²) in [5.41, 5.74) is 1.45. The van der Waals surface area contributed by atoms with Crippen molar-refractivity contribution in [3.63, 3.8) is 0 Å². The smallest absolute Gasteiger partial charge is 0.214 e. The van der Waals surface area contributed by atoms with Crippen LogP contribution < -0.4 is 9.47 Å². The largest absolute Gasteiger partial charge is 0.473 e. The lowest BCUT2D eigenvalue weighted by Crippen LogP contribution is -2.06. The van der Waals surface area contributed by atoms with E-state index in [4.69, 9.17) is 14.2 Å². The number of carbonyl (C=O) groups excluding carboxylic acids is 1. The maximum atomic E-state index is 11.7. The third kappa shape index (κ3) is 4.29. The van der Waals surface area contributed by atoms with Crippen LogP contribution in [0.4, 0.5) is 0 Å². The van der Waals surface area contributed by atoms with E-state index in [9.17, 15) is 4.79 Å². The van der Waals surface area contributed by atoms with Crippen LogP contribution in [0.5, 0.6) is 11.6 Å². The maximum Gasteiger partial charge on any atom is 0.214 e. The van der Waals surface area contributed by atoms with Gasteiger partial charge in [0, 0.05) is 13.2 Å². The molecule has 0 aliphatic carbocycles. The number of pyridine rings is 1. The van der Waals surface area contributed by atoms with Crippen molar-refractivity contribution < 1.29 is 19.0 Å². The van der Waals surface area contributed by atoms with Gasteiger partial charge in [-0.3, -0.25) is 4.79 Å². The van der Waals surface area contributed by atoms with E-state index in [2.05, 4.69) is 4.98 Å². The van der Waals surface area contributed by atoms with Crippen molar-refractivity contribution in [3.05, 3.63) is 53.7 Å². The van der Waals surface area contributed by atoms with Gasteiger partial charge >= 0.3 is 0 Å². The van der Waals surface area contributed by atoms with Crippen LogP contribution in [0, 0.1) is 0 Å². The van der Waals surface area contributed by atoms with Crippen molar-refractivity contribution in [2.24, 2.45) is 0 Å². The van der Waals surface area contributed by atoms with E-state index in [-0.39, 0.29) is 12.6 Å². The highest BCUT2D eigenvalue weighted by Crippen LogP contribution is 2.22. The normalized spacial score (nSPS) is 10.2. The first-order valence-corrected chi connectivity index (χ1v) is 6.50. The van der Waals surface area contributed by atoms with Gasteiger partial charge < -0.3 is 14.2 Å². The summed E-state index contributed by atoms with van der Waals surface area (Å²) in [6, 6.07) is 11.3. The molecule has 1 heterocycles. The zero-order chi connectivity index (χ0) is 15.1. The summed E-state index contributed by atoms with van der Waals surface area (Å²) in [6.07, 6.45) is 1.47. The highest BCUT2D eigenvalue weighted by atomic mass is 16.7. The number of Topliss-reactive ketones (excluding diaryl/α,β-unsaturated/α-hetero) is 1.